The maximum absolute atomic E-state index is 14.7. The van der Waals surface area contributed by atoms with Crippen LogP contribution in [0.25, 0.3) is 11.1 Å². The van der Waals surface area contributed by atoms with E-state index in [9.17, 15) is 30.7 Å². The van der Waals surface area contributed by atoms with Crippen LogP contribution in [-0.2, 0) is 6.11 Å². The second-order valence-electron chi connectivity index (χ2n) is 10.0. The summed E-state index contributed by atoms with van der Waals surface area (Å²) in [6.07, 6.45) is 0.144. The summed E-state index contributed by atoms with van der Waals surface area (Å²) in [5.41, 5.74) is -0.0780. The summed E-state index contributed by atoms with van der Waals surface area (Å²) in [6, 6.07) is 9.05. The highest BCUT2D eigenvalue weighted by atomic mass is 19.3. The third-order valence-corrected chi connectivity index (χ3v) is 7.50. The fraction of sp³-hybridized carbons (Fsp3) is 0.400. The lowest BCUT2D eigenvalue weighted by Gasteiger charge is -2.20. The van der Waals surface area contributed by atoms with E-state index in [4.69, 9.17) is 0 Å². The van der Waals surface area contributed by atoms with Crippen molar-refractivity contribution >= 4 is 0 Å². The fourth-order valence-corrected chi connectivity index (χ4v) is 5.95. The van der Waals surface area contributed by atoms with Crippen LogP contribution in [0.3, 0.4) is 0 Å². The van der Waals surface area contributed by atoms with Gasteiger partial charge in [-0.05, 0) is 78.2 Å². The van der Waals surface area contributed by atoms with Gasteiger partial charge in [0.1, 0.15) is 22.9 Å². The molecular weight excluding hydrogens is 509 g/mol. The predicted molar refractivity (Wildman–Crippen MR) is 131 cm³/mol. The normalized spacial score (nSPS) is 22.6. The van der Waals surface area contributed by atoms with Crippen LogP contribution in [0.1, 0.15) is 63.5 Å². The van der Waals surface area contributed by atoms with Crippen molar-refractivity contribution in [2.75, 3.05) is 0 Å². The maximum Gasteiger partial charge on any atom is 0.432 e. The zero-order valence-electron chi connectivity index (χ0n) is 21.3. The van der Waals surface area contributed by atoms with Gasteiger partial charge in [-0.25, -0.2) is 22.0 Å². The molecule has 0 spiro atoms. The minimum Gasteiger partial charge on any atom is -0.429 e. The van der Waals surface area contributed by atoms with Crippen LogP contribution in [0.4, 0.5) is 30.7 Å². The van der Waals surface area contributed by atoms with E-state index in [2.05, 4.69) is 11.7 Å². The van der Waals surface area contributed by atoms with E-state index in [0.29, 0.717) is 11.5 Å². The molecule has 204 valence electrons. The van der Waals surface area contributed by atoms with Gasteiger partial charge in [0, 0.05) is 12.1 Å². The Morgan fingerprint density at radius 1 is 0.684 bits per heavy atom. The molecule has 3 aromatic carbocycles. The number of fused-ring (bicyclic) bond motifs is 1. The van der Waals surface area contributed by atoms with Crippen LogP contribution in [0.15, 0.2) is 48.5 Å². The molecule has 2 unspecified atom stereocenters. The Kier molecular flexibility index (Phi) is 8.09. The first-order valence-corrected chi connectivity index (χ1v) is 12.8. The Morgan fingerprint density at radius 2 is 1.18 bits per heavy atom. The lowest BCUT2D eigenvalue weighted by molar-refractivity contribution is -0.189. The first-order chi connectivity index (χ1) is 18.0. The summed E-state index contributed by atoms with van der Waals surface area (Å²) in [5.74, 6) is -7.07. The number of hydrogen-bond acceptors (Lipinski definition) is 1. The van der Waals surface area contributed by atoms with E-state index in [-0.39, 0.29) is 17.7 Å². The van der Waals surface area contributed by atoms with Crippen molar-refractivity contribution in [3.05, 3.63) is 88.7 Å². The van der Waals surface area contributed by atoms with E-state index in [0.717, 1.165) is 48.3 Å². The molecule has 0 heterocycles. The summed E-state index contributed by atoms with van der Waals surface area (Å²) < 4.78 is 102. The van der Waals surface area contributed by atoms with Gasteiger partial charge < -0.3 is 4.74 Å². The van der Waals surface area contributed by atoms with Crippen LogP contribution < -0.4 is 4.74 Å². The van der Waals surface area contributed by atoms with E-state index in [1.54, 1.807) is 12.1 Å². The monoisotopic (exact) mass is 538 g/mol. The van der Waals surface area contributed by atoms with Crippen LogP contribution in [-0.4, -0.2) is 0 Å². The molecule has 2 fully saturated rings. The average Bonchev–Trinajstić information content (AvgIpc) is 3.40. The molecule has 2 aliphatic carbocycles. The summed E-state index contributed by atoms with van der Waals surface area (Å²) in [6.45, 7) is 6.29. The molecule has 0 aromatic heterocycles. The Labute approximate surface area is 217 Å². The molecule has 0 N–H and O–H groups in total. The summed E-state index contributed by atoms with van der Waals surface area (Å²) >= 11 is 0. The number of halogens is 7. The van der Waals surface area contributed by atoms with E-state index in [1.807, 2.05) is 26.0 Å². The first kappa shape index (κ1) is 28.0. The van der Waals surface area contributed by atoms with Crippen molar-refractivity contribution in [2.45, 2.75) is 58.5 Å². The quantitative estimate of drug-likeness (QED) is 0.232. The lowest BCUT2D eigenvalue weighted by Crippen LogP contribution is -2.25. The molecule has 3 aromatic rings. The molecule has 2 atom stereocenters. The number of rotatable bonds is 5. The number of benzene rings is 3. The summed E-state index contributed by atoms with van der Waals surface area (Å²) in [7, 11) is 0. The molecule has 0 amide bonds. The lowest BCUT2D eigenvalue weighted by atomic mass is 9.91. The SMILES string of the molecule is CC.CC1CC2CC(c3ccc(-c4cc(F)c(C(F)(F)Oc5cc(F)c(F)c(F)c5)c(F)c4)cc3)CC2C1. The van der Waals surface area contributed by atoms with Crippen molar-refractivity contribution in [3.63, 3.8) is 0 Å². The highest BCUT2D eigenvalue weighted by Gasteiger charge is 2.42. The molecule has 5 rings (SSSR count). The van der Waals surface area contributed by atoms with E-state index in [1.165, 1.54) is 12.8 Å². The van der Waals surface area contributed by atoms with Gasteiger partial charge in [-0.3, -0.25) is 0 Å². The Hall–Kier alpha value is -3.03. The highest BCUT2D eigenvalue weighted by molar-refractivity contribution is 5.64. The molecule has 0 bridgehead atoms. The molecule has 2 aliphatic rings. The molecule has 2 saturated carbocycles. The van der Waals surface area contributed by atoms with Gasteiger partial charge in [0.2, 0.25) is 0 Å². The standard InChI is InChI=1S/C28H23F7O.C2H6/c1-14-6-17-8-19(9-18(17)7-14)15-2-4-16(5-3-15)20-10-22(29)26(23(30)11-20)28(34,35)36-21-12-24(31)27(33)25(32)13-21;1-2/h2-5,10-14,17-19H,6-9H2,1H3;1-2H3. The topological polar surface area (TPSA) is 9.23 Å². The van der Waals surface area contributed by atoms with Gasteiger partial charge in [0.15, 0.2) is 17.5 Å². The van der Waals surface area contributed by atoms with Gasteiger partial charge >= 0.3 is 6.11 Å². The van der Waals surface area contributed by atoms with Crippen molar-refractivity contribution < 1.29 is 35.5 Å². The molecule has 38 heavy (non-hydrogen) atoms. The van der Waals surface area contributed by atoms with Crippen molar-refractivity contribution in [1.82, 2.24) is 0 Å². The third kappa shape index (κ3) is 5.54. The molecule has 0 aliphatic heterocycles. The molecule has 8 heteroatoms. The van der Waals surface area contributed by atoms with Gasteiger partial charge in [0.25, 0.3) is 0 Å². The number of hydrogen-bond donors (Lipinski definition) is 0. The number of alkyl halides is 2. The minimum absolute atomic E-state index is 0.0482. The second-order valence-corrected chi connectivity index (χ2v) is 10.0. The maximum atomic E-state index is 14.7. The van der Waals surface area contributed by atoms with Gasteiger partial charge in [-0.1, -0.05) is 45.0 Å². The predicted octanol–water partition coefficient (Wildman–Crippen LogP) is 9.74. The average molecular weight is 539 g/mol. The van der Waals surface area contributed by atoms with Crippen LogP contribution in [0.5, 0.6) is 5.75 Å². The molecular formula is C30H29F7O. The zero-order chi connectivity index (χ0) is 27.8. The zero-order valence-corrected chi connectivity index (χ0v) is 21.3. The number of ether oxygens (including phenoxy) is 1. The van der Waals surface area contributed by atoms with Crippen molar-refractivity contribution in [2.24, 2.45) is 17.8 Å². The van der Waals surface area contributed by atoms with Gasteiger partial charge in [-0.2, -0.15) is 8.78 Å². The van der Waals surface area contributed by atoms with Crippen LogP contribution >= 0.6 is 0 Å². The first-order valence-electron chi connectivity index (χ1n) is 12.8. The van der Waals surface area contributed by atoms with Crippen molar-refractivity contribution in [3.8, 4) is 16.9 Å². The van der Waals surface area contributed by atoms with E-state index >= 15 is 0 Å². The third-order valence-electron chi connectivity index (χ3n) is 7.50. The summed E-state index contributed by atoms with van der Waals surface area (Å²) in [4.78, 5) is 0. The smallest absolute Gasteiger partial charge is 0.429 e. The second kappa shape index (κ2) is 11.0. The van der Waals surface area contributed by atoms with Gasteiger partial charge in [-0.15, -0.1) is 0 Å². The van der Waals surface area contributed by atoms with E-state index < -0.39 is 46.5 Å². The molecule has 0 radical (unpaired) electrons. The molecule has 1 nitrogen and oxygen atoms in total. The Morgan fingerprint density at radius 3 is 1.68 bits per heavy atom. The van der Waals surface area contributed by atoms with Crippen molar-refractivity contribution in [1.29, 1.82) is 0 Å². The van der Waals surface area contributed by atoms with Gasteiger partial charge in [0.05, 0.1) is 0 Å². The minimum atomic E-state index is -4.62. The largest absolute Gasteiger partial charge is 0.432 e. The Balaban J connectivity index is 0.00000164. The Bertz CT molecular complexity index is 1230. The highest BCUT2D eigenvalue weighted by Crippen LogP contribution is 2.52. The fourth-order valence-electron chi connectivity index (χ4n) is 5.95. The summed E-state index contributed by atoms with van der Waals surface area (Å²) in [5, 5.41) is 0. The molecule has 0 saturated heterocycles. The van der Waals surface area contributed by atoms with Crippen LogP contribution in [0.2, 0.25) is 0 Å². The van der Waals surface area contributed by atoms with Crippen LogP contribution in [0, 0.1) is 46.8 Å².